The highest BCUT2D eigenvalue weighted by Gasteiger charge is 2.45. The van der Waals surface area contributed by atoms with Crippen LogP contribution >= 0.6 is 0 Å². The van der Waals surface area contributed by atoms with Crippen LogP contribution in [0, 0.1) is 17.8 Å². The number of hydrogen-bond acceptors (Lipinski definition) is 2. The van der Waals surface area contributed by atoms with Gasteiger partial charge in [-0.05, 0) is 30.2 Å². The lowest BCUT2D eigenvalue weighted by molar-refractivity contribution is -0.124. The first kappa shape index (κ1) is 13.3. The third-order valence-electron chi connectivity index (χ3n) is 3.83. The molecule has 2 nitrogen and oxygen atoms in total. The summed E-state index contributed by atoms with van der Waals surface area (Å²) in [6.07, 6.45) is 1.94. The molecule has 1 aromatic carbocycles. The summed E-state index contributed by atoms with van der Waals surface area (Å²) >= 11 is 0. The molecular weight excluding hydrogens is 222 g/mol. The second kappa shape index (κ2) is 5.66. The van der Waals surface area contributed by atoms with Gasteiger partial charge in [0.05, 0.1) is 0 Å². The molecule has 2 N–H and O–H groups in total. The second-order valence-corrected chi connectivity index (χ2v) is 5.82. The van der Waals surface area contributed by atoms with E-state index in [-0.39, 0.29) is 11.8 Å². The van der Waals surface area contributed by atoms with Crippen LogP contribution in [0.1, 0.15) is 38.2 Å². The standard InChI is InChI=1S/C16H23NO/c1-11(2)8-13(10-17)16(18)15-9-14(15)12-6-4-3-5-7-12/h3-7,11,13-15H,8-10,17H2,1-2H3. The Bertz CT molecular complexity index is 399. The summed E-state index contributed by atoms with van der Waals surface area (Å²) in [5.74, 6) is 1.65. The lowest BCUT2D eigenvalue weighted by Gasteiger charge is -2.15. The number of rotatable bonds is 6. The second-order valence-electron chi connectivity index (χ2n) is 5.82. The van der Waals surface area contributed by atoms with E-state index in [1.807, 2.05) is 18.2 Å². The van der Waals surface area contributed by atoms with E-state index in [0.717, 1.165) is 12.8 Å². The van der Waals surface area contributed by atoms with Gasteiger partial charge in [0.15, 0.2) is 0 Å². The van der Waals surface area contributed by atoms with E-state index < -0.39 is 0 Å². The van der Waals surface area contributed by atoms with Crippen molar-refractivity contribution >= 4 is 5.78 Å². The number of hydrogen-bond donors (Lipinski definition) is 1. The largest absolute Gasteiger partial charge is 0.330 e. The first-order chi connectivity index (χ1) is 8.63. The minimum absolute atomic E-state index is 0.0590. The van der Waals surface area contributed by atoms with Gasteiger partial charge in [-0.3, -0.25) is 4.79 Å². The first-order valence-electron chi connectivity index (χ1n) is 6.92. The van der Waals surface area contributed by atoms with Crippen LogP contribution in [0.5, 0.6) is 0 Å². The summed E-state index contributed by atoms with van der Waals surface area (Å²) in [6, 6.07) is 10.4. The van der Waals surface area contributed by atoms with Crippen LogP contribution in [0.15, 0.2) is 30.3 Å². The molecule has 0 heterocycles. The summed E-state index contributed by atoms with van der Waals surface area (Å²) in [5, 5.41) is 0. The Morgan fingerprint density at radius 3 is 2.56 bits per heavy atom. The molecule has 0 saturated heterocycles. The third kappa shape index (κ3) is 2.99. The molecule has 2 heteroatoms. The van der Waals surface area contributed by atoms with Gasteiger partial charge in [0, 0.05) is 18.4 Å². The molecule has 1 aliphatic rings. The summed E-state index contributed by atoms with van der Waals surface area (Å²) < 4.78 is 0. The van der Waals surface area contributed by atoms with Crippen LogP contribution < -0.4 is 5.73 Å². The fourth-order valence-electron chi connectivity index (χ4n) is 2.78. The lowest BCUT2D eigenvalue weighted by Crippen LogP contribution is -2.26. The van der Waals surface area contributed by atoms with Gasteiger partial charge in [-0.15, -0.1) is 0 Å². The normalized spacial score (nSPS) is 24.0. The molecule has 0 aliphatic heterocycles. The van der Waals surface area contributed by atoms with Gasteiger partial charge in [-0.1, -0.05) is 44.2 Å². The monoisotopic (exact) mass is 245 g/mol. The molecule has 0 spiro atoms. The molecule has 0 bridgehead atoms. The van der Waals surface area contributed by atoms with Gasteiger partial charge in [-0.2, -0.15) is 0 Å². The van der Waals surface area contributed by atoms with Crippen molar-refractivity contribution in [1.82, 2.24) is 0 Å². The number of carbonyl (C=O) groups is 1. The van der Waals surface area contributed by atoms with E-state index in [2.05, 4.69) is 26.0 Å². The molecule has 0 amide bonds. The predicted octanol–water partition coefficient (Wildman–Crippen LogP) is 2.98. The maximum absolute atomic E-state index is 12.4. The Hall–Kier alpha value is -1.15. The third-order valence-corrected chi connectivity index (χ3v) is 3.83. The van der Waals surface area contributed by atoms with Gasteiger partial charge in [0.2, 0.25) is 0 Å². The van der Waals surface area contributed by atoms with Crippen molar-refractivity contribution in [2.75, 3.05) is 6.54 Å². The molecule has 0 aromatic heterocycles. The number of nitrogens with two attached hydrogens (primary N) is 1. The van der Waals surface area contributed by atoms with Crippen molar-refractivity contribution in [3.63, 3.8) is 0 Å². The predicted molar refractivity (Wildman–Crippen MR) is 74.3 cm³/mol. The van der Waals surface area contributed by atoms with Gasteiger partial charge in [-0.25, -0.2) is 0 Å². The molecule has 18 heavy (non-hydrogen) atoms. The van der Waals surface area contributed by atoms with Gasteiger partial charge in [0.1, 0.15) is 5.78 Å². The van der Waals surface area contributed by atoms with Crippen LogP contribution in [0.3, 0.4) is 0 Å². The SMILES string of the molecule is CC(C)CC(CN)C(=O)C1CC1c1ccccc1. The quantitative estimate of drug-likeness (QED) is 0.837. The van der Waals surface area contributed by atoms with Crippen LogP contribution in [-0.2, 0) is 4.79 Å². The van der Waals surface area contributed by atoms with E-state index in [1.54, 1.807) is 0 Å². The molecule has 3 atom stereocenters. The maximum Gasteiger partial charge on any atom is 0.140 e. The average molecular weight is 245 g/mol. The molecular formula is C16H23NO. The van der Waals surface area contributed by atoms with E-state index in [9.17, 15) is 4.79 Å². The number of Topliss-reactive ketones (excluding diaryl/α,β-unsaturated/α-hetero) is 1. The van der Waals surface area contributed by atoms with Gasteiger partial charge < -0.3 is 5.73 Å². The van der Waals surface area contributed by atoms with Crippen LogP contribution in [-0.4, -0.2) is 12.3 Å². The Balaban J connectivity index is 1.96. The topological polar surface area (TPSA) is 43.1 Å². The first-order valence-corrected chi connectivity index (χ1v) is 6.92. The van der Waals surface area contributed by atoms with Crippen LogP contribution in [0.4, 0.5) is 0 Å². The highest BCUT2D eigenvalue weighted by atomic mass is 16.1. The summed E-state index contributed by atoms with van der Waals surface area (Å²) in [6.45, 7) is 4.80. The lowest BCUT2D eigenvalue weighted by atomic mass is 9.90. The van der Waals surface area contributed by atoms with Crippen LogP contribution in [0.2, 0.25) is 0 Å². The Morgan fingerprint density at radius 1 is 1.33 bits per heavy atom. The van der Waals surface area contributed by atoms with Gasteiger partial charge in [0.25, 0.3) is 0 Å². The molecule has 2 rings (SSSR count). The Kier molecular flexibility index (Phi) is 4.18. The zero-order valence-corrected chi connectivity index (χ0v) is 11.3. The number of ketones is 1. The van der Waals surface area contributed by atoms with Crippen molar-refractivity contribution in [2.45, 2.75) is 32.6 Å². The molecule has 1 aliphatic carbocycles. The minimum atomic E-state index is 0.0590. The zero-order chi connectivity index (χ0) is 13.1. The highest BCUT2D eigenvalue weighted by Crippen LogP contribution is 2.49. The Labute approximate surface area is 110 Å². The average Bonchev–Trinajstić information content (AvgIpc) is 3.16. The summed E-state index contributed by atoms with van der Waals surface area (Å²) in [5.41, 5.74) is 7.05. The Morgan fingerprint density at radius 2 is 2.00 bits per heavy atom. The molecule has 0 radical (unpaired) electrons. The van der Waals surface area contributed by atoms with E-state index in [1.165, 1.54) is 5.56 Å². The fraction of sp³-hybridized carbons (Fsp3) is 0.562. The number of benzene rings is 1. The van der Waals surface area contributed by atoms with E-state index in [0.29, 0.717) is 24.2 Å². The number of carbonyl (C=O) groups excluding carboxylic acids is 1. The maximum atomic E-state index is 12.4. The van der Waals surface area contributed by atoms with Crippen LogP contribution in [0.25, 0.3) is 0 Å². The smallest absolute Gasteiger partial charge is 0.140 e. The molecule has 98 valence electrons. The van der Waals surface area contributed by atoms with Crippen molar-refractivity contribution in [1.29, 1.82) is 0 Å². The molecule has 1 aromatic rings. The summed E-state index contributed by atoms with van der Waals surface area (Å²) in [7, 11) is 0. The van der Waals surface area contributed by atoms with E-state index in [4.69, 9.17) is 5.73 Å². The van der Waals surface area contributed by atoms with E-state index >= 15 is 0 Å². The van der Waals surface area contributed by atoms with Crippen molar-refractivity contribution in [3.05, 3.63) is 35.9 Å². The van der Waals surface area contributed by atoms with Crippen molar-refractivity contribution in [3.8, 4) is 0 Å². The van der Waals surface area contributed by atoms with Gasteiger partial charge >= 0.3 is 0 Å². The molecule has 1 fully saturated rings. The minimum Gasteiger partial charge on any atom is -0.330 e. The highest BCUT2D eigenvalue weighted by molar-refractivity contribution is 5.87. The molecule has 3 unspecified atom stereocenters. The summed E-state index contributed by atoms with van der Waals surface area (Å²) in [4.78, 5) is 12.4. The van der Waals surface area contributed by atoms with Crippen molar-refractivity contribution in [2.24, 2.45) is 23.5 Å². The fourth-order valence-corrected chi connectivity index (χ4v) is 2.78. The zero-order valence-electron chi connectivity index (χ0n) is 11.3. The molecule has 1 saturated carbocycles. The van der Waals surface area contributed by atoms with Crippen molar-refractivity contribution < 1.29 is 4.79 Å².